The average Bonchev–Trinajstić information content (AvgIpc) is 2.46. The number of fused-ring (bicyclic) bond motifs is 1. The van der Waals surface area contributed by atoms with E-state index in [2.05, 4.69) is 15.0 Å². The number of nitrogens with zero attached hydrogens (tertiary/aromatic N) is 2. The van der Waals surface area contributed by atoms with Crippen LogP contribution in [0.25, 0.3) is 11.0 Å². The minimum Gasteiger partial charge on any atom is -0.342 e. The van der Waals surface area contributed by atoms with Gasteiger partial charge < -0.3 is 10.7 Å². The van der Waals surface area contributed by atoms with Crippen LogP contribution in [0.4, 0.5) is 0 Å². The molecule has 0 aliphatic rings. The second-order valence-corrected chi connectivity index (χ2v) is 2.33. The van der Waals surface area contributed by atoms with Crippen LogP contribution in [0.5, 0.6) is 0 Å². The molecule has 0 unspecified atom stereocenters. The summed E-state index contributed by atoms with van der Waals surface area (Å²) in [5.41, 5.74) is 7.27. The molecule has 0 saturated carbocycles. The van der Waals surface area contributed by atoms with Crippen molar-refractivity contribution in [3.8, 4) is 0 Å². The molecule has 2 aromatic rings. The summed E-state index contributed by atoms with van der Waals surface area (Å²) in [5, 5.41) is 1.01. The Balaban J connectivity index is 2.69. The van der Waals surface area contributed by atoms with Gasteiger partial charge in [0, 0.05) is 23.8 Å². The van der Waals surface area contributed by atoms with Crippen LogP contribution in [0.2, 0.25) is 0 Å². The highest BCUT2D eigenvalue weighted by Gasteiger charge is 1.97. The van der Waals surface area contributed by atoms with Gasteiger partial charge in [-0.2, -0.15) is 0 Å². The molecular weight excluding hydrogens is 140 g/mol. The Morgan fingerprint density at radius 3 is 3.18 bits per heavy atom. The van der Waals surface area contributed by atoms with Gasteiger partial charge in [-0.25, -0.2) is 9.97 Å². The molecule has 11 heavy (non-hydrogen) atoms. The summed E-state index contributed by atoms with van der Waals surface area (Å²) in [4.78, 5) is 11.0. The standard InChI is InChI=1S/C7H8N4/c8-2-6-1-5-3-9-4-10-7(5)11-6/h1,3-4H,2,8H2,(H,9,10,11). The van der Waals surface area contributed by atoms with E-state index < -0.39 is 0 Å². The van der Waals surface area contributed by atoms with Crippen molar-refractivity contribution < 1.29 is 0 Å². The maximum Gasteiger partial charge on any atom is 0.140 e. The molecule has 4 heteroatoms. The molecule has 0 spiro atoms. The Bertz CT molecular complexity index is 332. The molecule has 0 radical (unpaired) electrons. The molecular formula is C7H8N4. The monoisotopic (exact) mass is 148 g/mol. The van der Waals surface area contributed by atoms with Crippen LogP contribution in [0.3, 0.4) is 0 Å². The third-order valence-electron chi connectivity index (χ3n) is 1.57. The molecule has 0 aliphatic heterocycles. The maximum atomic E-state index is 5.43. The van der Waals surface area contributed by atoms with Gasteiger partial charge in [0.2, 0.25) is 0 Å². The molecule has 0 bridgehead atoms. The predicted octanol–water partition coefficient (Wildman–Crippen LogP) is 0.417. The molecule has 2 heterocycles. The molecule has 56 valence electrons. The Morgan fingerprint density at radius 1 is 1.55 bits per heavy atom. The van der Waals surface area contributed by atoms with Gasteiger partial charge in [0.05, 0.1) is 0 Å². The summed E-state index contributed by atoms with van der Waals surface area (Å²) in [6.07, 6.45) is 3.27. The summed E-state index contributed by atoms with van der Waals surface area (Å²) in [7, 11) is 0. The first kappa shape index (κ1) is 6.30. The third-order valence-corrected chi connectivity index (χ3v) is 1.57. The number of H-pyrrole nitrogens is 1. The molecule has 2 rings (SSSR count). The first-order valence-corrected chi connectivity index (χ1v) is 3.38. The lowest BCUT2D eigenvalue weighted by atomic mass is 10.4. The molecule has 3 N–H and O–H groups in total. The summed E-state index contributed by atoms with van der Waals surface area (Å²) in [5.74, 6) is 0. The van der Waals surface area contributed by atoms with Gasteiger partial charge in [-0.05, 0) is 6.07 Å². The zero-order valence-corrected chi connectivity index (χ0v) is 5.91. The van der Waals surface area contributed by atoms with E-state index in [9.17, 15) is 0 Å². The van der Waals surface area contributed by atoms with E-state index in [0.29, 0.717) is 6.54 Å². The van der Waals surface area contributed by atoms with Crippen molar-refractivity contribution in [2.45, 2.75) is 6.54 Å². The van der Waals surface area contributed by atoms with E-state index in [0.717, 1.165) is 16.7 Å². The predicted molar refractivity (Wildman–Crippen MR) is 41.8 cm³/mol. The fourth-order valence-electron chi connectivity index (χ4n) is 1.04. The highest BCUT2D eigenvalue weighted by atomic mass is 14.9. The lowest BCUT2D eigenvalue weighted by Gasteiger charge is -1.84. The van der Waals surface area contributed by atoms with Crippen LogP contribution in [0.1, 0.15) is 5.69 Å². The number of nitrogens with two attached hydrogens (primary N) is 1. The van der Waals surface area contributed by atoms with Gasteiger partial charge >= 0.3 is 0 Å². The van der Waals surface area contributed by atoms with E-state index in [1.807, 2.05) is 6.07 Å². The molecule has 4 nitrogen and oxygen atoms in total. The molecule has 2 aromatic heterocycles. The van der Waals surface area contributed by atoms with Crippen molar-refractivity contribution in [3.05, 3.63) is 24.3 Å². The second-order valence-electron chi connectivity index (χ2n) is 2.33. The Hall–Kier alpha value is -1.42. The lowest BCUT2D eigenvalue weighted by Crippen LogP contribution is -1.95. The Morgan fingerprint density at radius 2 is 2.45 bits per heavy atom. The molecule has 0 atom stereocenters. The molecule has 0 fully saturated rings. The van der Waals surface area contributed by atoms with Gasteiger partial charge in [0.15, 0.2) is 0 Å². The van der Waals surface area contributed by atoms with Crippen LogP contribution >= 0.6 is 0 Å². The van der Waals surface area contributed by atoms with Crippen LogP contribution < -0.4 is 5.73 Å². The summed E-state index contributed by atoms with van der Waals surface area (Å²) in [6.45, 7) is 0.510. The number of rotatable bonds is 1. The smallest absolute Gasteiger partial charge is 0.140 e. The molecule has 0 amide bonds. The van der Waals surface area contributed by atoms with Crippen molar-refractivity contribution in [3.63, 3.8) is 0 Å². The van der Waals surface area contributed by atoms with Crippen molar-refractivity contribution in [1.82, 2.24) is 15.0 Å². The van der Waals surface area contributed by atoms with E-state index in [1.54, 1.807) is 6.20 Å². The van der Waals surface area contributed by atoms with Gasteiger partial charge in [-0.1, -0.05) is 0 Å². The minimum absolute atomic E-state index is 0.510. The fraction of sp³-hybridized carbons (Fsp3) is 0.143. The van der Waals surface area contributed by atoms with Crippen LogP contribution in [0.15, 0.2) is 18.6 Å². The molecule has 0 aromatic carbocycles. The third kappa shape index (κ3) is 0.969. The van der Waals surface area contributed by atoms with Gasteiger partial charge in [-0.15, -0.1) is 0 Å². The quantitative estimate of drug-likeness (QED) is 0.615. The second kappa shape index (κ2) is 2.32. The first-order valence-electron chi connectivity index (χ1n) is 3.38. The van der Waals surface area contributed by atoms with E-state index in [4.69, 9.17) is 5.73 Å². The van der Waals surface area contributed by atoms with Gasteiger partial charge in [0.1, 0.15) is 12.0 Å². The topological polar surface area (TPSA) is 67.6 Å². The maximum absolute atomic E-state index is 5.43. The summed E-state index contributed by atoms with van der Waals surface area (Å²) < 4.78 is 0. The normalized spacial score (nSPS) is 10.6. The number of hydrogen-bond acceptors (Lipinski definition) is 3. The first-order chi connectivity index (χ1) is 5.40. The Labute approximate surface area is 63.5 Å². The molecule has 0 saturated heterocycles. The SMILES string of the molecule is NCc1cc2cncnc2[nH]1. The zero-order chi connectivity index (χ0) is 7.68. The van der Waals surface area contributed by atoms with Crippen molar-refractivity contribution in [1.29, 1.82) is 0 Å². The highest BCUT2D eigenvalue weighted by molar-refractivity contribution is 5.74. The Kier molecular flexibility index (Phi) is 1.33. The molecule has 0 aliphatic carbocycles. The summed E-state index contributed by atoms with van der Waals surface area (Å²) in [6, 6.07) is 1.95. The van der Waals surface area contributed by atoms with E-state index in [1.165, 1.54) is 6.33 Å². The lowest BCUT2D eigenvalue weighted by molar-refractivity contribution is 1.01. The number of nitrogens with one attached hydrogen (secondary N) is 1. The van der Waals surface area contributed by atoms with Gasteiger partial charge in [-0.3, -0.25) is 0 Å². The minimum atomic E-state index is 0.510. The highest BCUT2D eigenvalue weighted by Crippen LogP contribution is 2.09. The van der Waals surface area contributed by atoms with Gasteiger partial charge in [0.25, 0.3) is 0 Å². The fourth-order valence-corrected chi connectivity index (χ4v) is 1.04. The summed E-state index contributed by atoms with van der Waals surface area (Å²) >= 11 is 0. The number of aromatic nitrogens is 3. The zero-order valence-electron chi connectivity index (χ0n) is 5.91. The van der Waals surface area contributed by atoms with E-state index >= 15 is 0 Å². The van der Waals surface area contributed by atoms with Crippen LogP contribution in [0, 0.1) is 0 Å². The number of hydrogen-bond donors (Lipinski definition) is 2. The van der Waals surface area contributed by atoms with Crippen molar-refractivity contribution >= 4 is 11.0 Å². The average molecular weight is 148 g/mol. The van der Waals surface area contributed by atoms with Crippen LogP contribution in [-0.2, 0) is 6.54 Å². The largest absolute Gasteiger partial charge is 0.342 e. The van der Waals surface area contributed by atoms with Crippen molar-refractivity contribution in [2.24, 2.45) is 5.73 Å². The number of aromatic amines is 1. The van der Waals surface area contributed by atoms with Crippen LogP contribution in [-0.4, -0.2) is 15.0 Å². The van der Waals surface area contributed by atoms with E-state index in [-0.39, 0.29) is 0 Å². The van der Waals surface area contributed by atoms with Crippen molar-refractivity contribution in [2.75, 3.05) is 0 Å².